The molecule has 1 heterocycles. The number of amides is 1. The zero-order valence-electron chi connectivity index (χ0n) is 20.0. The average molecular weight is 526 g/mol. The number of carbonyl (C=O) groups is 1. The van der Waals surface area contributed by atoms with Crippen LogP contribution in [0.5, 0.6) is 11.5 Å². The van der Waals surface area contributed by atoms with Crippen molar-refractivity contribution in [3.8, 4) is 11.5 Å². The molecule has 1 atom stereocenters. The van der Waals surface area contributed by atoms with Crippen molar-refractivity contribution in [2.45, 2.75) is 18.7 Å². The van der Waals surface area contributed by atoms with Crippen LogP contribution in [0.25, 0.3) is 0 Å². The maximum atomic E-state index is 13.4. The topological polar surface area (TPSA) is 72.0 Å². The van der Waals surface area contributed by atoms with E-state index in [1.165, 1.54) is 36.0 Å². The third-order valence-electron chi connectivity index (χ3n) is 5.55. The molecule has 1 amide bonds. The fourth-order valence-corrected chi connectivity index (χ4v) is 4.89. The summed E-state index contributed by atoms with van der Waals surface area (Å²) >= 11 is 7.64. The SMILES string of the molecule is COc1ccc(C2N=C(SCc3cccc(Cl)c3)NC(C)=C2C(=O)Nc2ccc(F)cc2)cc1OC. The number of anilines is 1. The van der Waals surface area contributed by atoms with E-state index in [0.29, 0.717) is 44.4 Å². The minimum absolute atomic E-state index is 0.339. The maximum Gasteiger partial charge on any atom is 0.255 e. The van der Waals surface area contributed by atoms with Crippen LogP contribution in [0.2, 0.25) is 5.02 Å². The predicted molar refractivity (Wildman–Crippen MR) is 143 cm³/mol. The highest BCUT2D eigenvalue weighted by Crippen LogP contribution is 2.37. The monoisotopic (exact) mass is 525 g/mol. The Kier molecular flexibility index (Phi) is 8.18. The standard InChI is InChI=1S/C27H25ClFN3O3S/c1-16-24(26(33)31-21-10-8-20(29)9-11-21)25(18-7-12-22(34-2)23(14-18)35-3)32-27(30-16)36-15-17-5-4-6-19(28)13-17/h4-14,25H,15H2,1-3H3,(H,30,32)(H,31,33). The number of nitrogens with zero attached hydrogens (tertiary/aromatic N) is 1. The quantitative estimate of drug-likeness (QED) is 0.376. The van der Waals surface area contributed by atoms with E-state index >= 15 is 0 Å². The van der Waals surface area contributed by atoms with Crippen molar-refractivity contribution in [1.29, 1.82) is 0 Å². The van der Waals surface area contributed by atoms with Crippen LogP contribution in [0.15, 0.2) is 83.0 Å². The van der Waals surface area contributed by atoms with Crippen LogP contribution in [0.3, 0.4) is 0 Å². The van der Waals surface area contributed by atoms with Crippen molar-refractivity contribution in [3.05, 3.63) is 100.0 Å². The second kappa shape index (κ2) is 11.5. The molecule has 0 aromatic heterocycles. The molecule has 1 aliphatic heterocycles. The molecule has 9 heteroatoms. The Morgan fingerprint density at radius 3 is 2.53 bits per heavy atom. The minimum atomic E-state index is -0.603. The highest BCUT2D eigenvalue weighted by molar-refractivity contribution is 8.13. The number of rotatable bonds is 7. The molecule has 4 rings (SSSR count). The Morgan fingerprint density at radius 2 is 1.83 bits per heavy atom. The number of halogens is 2. The van der Waals surface area contributed by atoms with Gasteiger partial charge in [-0.15, -0.1) is 0 Å². The highest BCUT2D eigenvalue weighted by atomic mass is 35.5. The molecular weight excluding hydrogens is 501 g/mol. The molecule has 186 valence electrons. The van der Waals surface area contributed by atoms with Crippen LogP contribution in [0.1, 0.15) is 24.1 Å². The van der Waals surface area contributed by atoms with Gasteiger partial charge in [-0.2, -0.15) is 0 Å². The van der Waals surface area contributed by atoms with E-state index in [-0.39, 0.29) is 11.7 Å². The van der Waals surface area contributed by atoms with Crippen molar-refractivity contribution >= 4 is 40.1 Å². The number of aliphatic imine (C=N–C) groups is 1. The molecule has 0 aliphatic carbocycles. The van der Waals surface area contributed by atoms with E-state index in [2.05, 4.69) is 10.6 Å². The lowest BCUT2D eigenvalue weighted by Gasteiger charge is -2.27. The highest BCUT2D eigenvalue weighted by Gasteiger charge is 2.30. The van der Waals surface area contributed by atoms with E-state index in [1.54, 1.807) is 20.3 Å². The Balaban J connectivity index is 1.66. The Morgan fingerprint density at radius 1 is 1.08 bits per heavy atom. The Labute approximate surface area is 218 Å². The van der Waals surface area contributed by atoms with Crippen molar-refractivity contribution in [2.24, 2.45) is 4.99 Å². The van der Waals surface area contributed by atoms with Crippen LogP contribution in [0.4, 0.5) is 10.1 Å². The van der Waals surface area contributed by atoms with E-state index < -0.39 is 6.04 Å². The molecule has 0 radical (unpaired) electrons. The van der Waals surface area contributed by atoms with Crippen molar-refractivity contribution in [2.75, 3.05) is 19.5 Å². The average Bonchev–Trinajstić information content (AvgIpc) is 2.88. The van der Waals surface area contributed by atoms with Gasteiger partial charge in [0.25, 0.3) is 5.91 Å². The fourth-order valence-electron chi connectivity index (χ4n) is 3.79. The van der Waals surface area contributed by atoms with Gasteiger partial charge in [0, 0.05) is 22.2 Å². The minimum Gasteiger partial charge on any atom is -0.493 e. The number of nitrogens with one attached hydrogen (secondary N) is 2. The van der Waals surface area contributed by atoms with Crippen LogP contribution < -0.4 is 20.1 Å². The number of thioether (sulfide) groups is 1. The van der Waals surface area contributed by atoms with Gasteiger partial charge in [-0.25, -0.2) is 9.38 Å². The first-order valence-corrected chi connectivity index (χ1v) is 12.5. The molecule has 3 aromatic carbocycles. The second-order valence-electron chi connectivity index (χ2n) is 7.99. The molecule has 0 saturated carbocycles. The summed E-state index contributed by atoms with van der Waals surface area (Å²) < 4.78 is 24.2. The summed E-state index contributed by atoms with van der Waals surface area (Å²) in [6.45, 7) is 1.84. The van der Waals surface area contributed by atoms with E-state index in [1.807, 2.05) is 43.3 Å². The van der Waals surface area contributed by atoms with Crippen LogP contribution in [-0.4, -0.2) is 25.3 Å². The molecule has 1 unspecified atom stereocenters. The van der Waals surface area contributed by atoms with E-state index in [4.69, 9.17) is 26.1 Å². The number of hydrogen-bond acceptors (Lipinski definition) is 6. The molecule has 0 bridgehead atoms. The summed E-state index contributed by atoms with van der Waals surface area (Å²) in [4.78, 5) is 18.3. The number of amidine groups is 1. The molecule has 0 spiro atoms. The van der Waals surface area contributed by atoms with Gasteiger partial charge in [0.05, 0.1) is 19.8 Å². The number of benzene rings is 3. The summed E-state index contributed by atoms with van der Waals surface area (Å²) in [7, 11) is 3.12. The Bertz CT molecular complexity index is 1330. The summed E-state index contributed by atoms with van der Waals surface area (Å²) in [5.74, 6) is 1.04. The van der Waals surface area contributed by atoms with Crippen LogP contribution in [-0.2, 0) is 10.5 Å². The molecule has 0 saturated heterocycles. The normalized spacial score (nSPS) is 15.1. The molecule has 3 aromatic rings. The lowest BCUT2D eigenvalue weighted by molar-refractivity contribution is -0.113. The van der Waals surface area contributed by atoms with Gasteiger partial charge in [-0.1, -0.05) is 41.6 Å². The van der Waals surface area contributed by atoms with Crippen molar-refractivity contribution < 1.29 is 18.7 Å². The molecule has 0 fully saturated rings. The van der Waals surface area contributed by atoms with Gasteiger partial charge in [0.2, 0.25) is 0 Å². The number of hydrogen-bond donors (Lipinski definition) is 2. The summed E-state index contributed by atoms with van der Waals surface area (Å²) in [6, 6.07) is 18.1. The summed E-state index contributed by atoms with van der Waals surface area (Å²) in [6.07, 6.45) is 0. The lowest BCUT2D eigenvalue weighted by atomic mass is 9.95. The molecule has 36 heavy (non-hydrogen) atoms. The lowest BCUT2D eigenvalue weighted by Crippen LogP contribution is -2.32. The largest absolute Gasteiger partial charge is 0.493 e. The van der Waals surface area contributed by atoms with E-state index in [0.717, 1.165) is 11.1 Å². The predicted octanol–water partition coefficient (Wildman–Crippen LogP) is 6.34. The Hall–Kier alpha value is -3.49. The molecule has 6 nitrogen and oxygen atoms in total. The first-order valence-electron chi connectivity index (χ1n) is 11.1. The smallest absolute Gasteiger partial charge is 0.255 e. The summed E-state index contributed by atoms with van der Waals surface area (Å²) in [5, 5.41) is 7.45. The maximum absolute atomic E-state index is 13.4. The third kappa shape index (κ3) is 6.01. The van der Waals surface area contributed by atoms with Gasteiger partial charge < -0.3 is 20.1 Å². The van der Waals surface area contributed by atoms with Gasteiger partial charge >= 0.3 is 0 Å². The fraction of sp³-hybridized carbons (Fsp3) is 0.185. The first-order chi connectivity index (χ1) is 17.4. The van der Waals surface area contributed by atoms with Crippen LogP contribution in [0, 0.1) is 5.82 Å². The van der Waals surface area contributed by atoms with Crippen molar-refractivity contribution in [1.82, 2.24) is 5.32 Å². The second-order valence-corrected chi connectivity index (χ2v) is 9.39. The third-order valence-corrected chi connectivity index (χ3v) is 6.75. The number of ether oxygens (including phenoxy) is 2. The zero-order chi connectivity index (χ0) is 25.7. The van der Waals surface area contributed by atoms with Gasteiger partial charge in [0.15, 0.2) is 16.7 Å². The molecular formula is C27H25ClFN3O3S. The number of carbonyl (C=O) groups excluding carboxylic acids is 1. The number of methoxy groups -OCH3 is 2. The van der Waals surface area contributed by atoms with Crippen LogP contribution >= 0.6 is 23.4 Å². The molecule has 2 N–H and O–H groups in total. The van der Waals surface area contributed by atoms with Gasteiger partial charge in [-0.3, -0.25) is 4.79 Å². The van der Waals surface area contributed by atoms with E-state index in [9.17, 15) is 9.18 Å². The molecule has 1 aliphatic rings. The zero-order valence-corrected chi connectivity index (χ0v) is 21.5. The van der Waals surface area contributed by atoms with Gasteiger partial charge in [0.1, 0.15) is 11.9 Å². The number of allylic oxidation sites excluding steroid dienone is 1. The summed E-state index contributed by atoms with van der Waals surface area (Å²) in [5.41, 5.74) is 3.41. The van der Waals surface area contributed by atoms with Gasteiger partial charge in [-0.05, 0) is 66.6 Å². The first kappa shape index (κ1) is 25.6. The van der Waals surface area contributed by atoms with Crippen molar-refractivity contribution in [3.63, 3.8) is 0 Å².